The number of benzene rings is 2. The zero-order chi connectivity index (χ0) is 17.5. The van der Waals surface area contributed by atoms with Crippen molar-refractivity contribution < 1.29 is 14.3 Å². The highest BCUT2D eigenvalue weighted by atomic mass is 16.5. The third-order valence-corrected chi connectivity index (χ3v) is 4.08. The molecule has 1 unspecified atom stereocenters. The van der Waals surface area contributed by atoms with E-state index in [1.807, 2.05) is 55.5 Å². The number of hydrogen-bond donors (Lipinski definition) is 2. The van der Waals surface area contributed by atoms with Crippen LogP contribution in [0.4, 0.5) is 11.4 Å². The molecule has 1 atom stereocenters. The van der Waals surface area contributed by atoms with Gasteiger partial charge < -0.3 is 20.1 Å². The summed E-state index contributed by atoms with van der Waals surface area (Å²) in [5, 5.41) is 5.99. The second-order valence-corrected chi connectivity index (χ2v) is 6.24. The van der Waals surface area contributed by atoms with E-state index in [0.29, 0.717) is 6.61 Å². The van der Waals surface area contributed by atoms with Gasteiger partial charge in [0.1, 0.15) is 12.4 Å². The van der Waals surface area contributed by atoms with E-state index < -0.39 is 0 Å². The second kappa shape index (κ2) is 8.53. The van der Waals surface area contributed by atoms with E-state index in [1.54, 1.807) is 0 Å². The van der Waals surface area contributed by atoms with E-state index in [9.17, 15) is 4.79 Å². The fourth-order valence-electron chi connectivity index (χ4n) is 2.69. The minimum absolute atomic E-state index is 0.0884. The molecule has 2 aromatic carbocycles. The number of anilines is 2. The lowest BCUT2D eigenvalue weighted by molar-refractivity contribution is -0.114. The molecule has 0 aromatic heterocycles. The quantitative estimate of drug-likeness (QED) is 0.808. The number of nitrogens with one attached hydrogen (secondary N) is 2. The molecule has 0 aliphatic carbocycles. The Balaban J connectivity index is 1.46. The Kier molecular flexibility index (Phi) is 5.90. The highest BCUT2D eigenvalue weighted by Crippen LogP contribution is 2.19. The molecule has 3 rings (SSSR count). The first-order valence-electron chi connectivity index (χ1n) is 8.64. The van der Waals surface area contributed by atoms with Crippen LogP contribution >= 0.6 is 0 Å². The van der Waals surface area contributed by atoms with Gasteiger partial charge >= 0.3 is 0 Å². The van der Waals surface area contributed by atoms with Gasteiger partial charge in [-0.15, -0.1) is 0 Å². The lowest BCUT2D eigenvalue weighted by atomic mass is 10.2. The highest BCUT2D eigenvalue weighted by molar-refractivity contribution is 5.93. The molecule has 5 nitrogen and oxygen atoms in total. The molecule has 0 radical (unpaired) electrons. The lowest BCUT2D eigenvalue weighted by Crippen LogP contribution is -2.21. The largest absolute Gasteiger partial charge is 0.491 e. The van der Waals surface area contributed by atoms with Crippen LogP contribution in [0.25, 0.3) is 0 Å². The van der Waals surface area contributed by atoms with Crippen molar-refractivity contribution in [3.63, 3.8) is 0 Å². The number of amides is 1. The summed E-state index contributed by atoms with van der Waals surface area (Å²) in [5.41, 5.74) is 2.81. The summed E-state index contributed by atoms with van der Waals surface area (Å²) in [4.78, 5) is 12.0. The molecular weight excluding hydrogens is 316 g/mol. The van der Waals surface area contributed by atoms with Crippen LogP contribution in [0.5, 0.6) is 5.75 Å². The van der Waals surface area contributed by atoms with Gasteiger partial charge in [-0.3, -0.25) is 4.79 Å². The average molecular weight is 340 g/mol. The molecule has 132 valence electrons. The first kappa shape index (κ1) is 17.3. The van der Waals surface area contributed by atoms with Crippen molar-refractivity contribution in [2.24, 2.45) is 0 Å². The smallest absolute Gasteiger partial charge is 0.243 e. The Morgan fingerprint density at radius 2 is 2.04 bits per heavy atom. The van der Waals surface area contributed by atoms with Gasteiger partial charge in [0.25, 0.3) is 0 Å². The van der Waals surface area contributed by atoms with Crippen LogP contribution in [0.1, 0.15) is 18.4 Å². The maximum atomic E-state index is 12.0. The Hall–Kier alpha value is -2.53. The number of carbonyl (C=O) groups excluding carboxylic acids is 1. The third-order valence-electron chi connectivity index (χ3n) is 4.08. The van der Waals surface area contributed by atoms with Gasteiger partial charge in [-0.05, 0) is 44.0 Å². The van der Waals surface area contributed by atoms with E-state index in [2.05, 4.69) is 10.6 Å². The molecule has 0 saturated carbocycles. The predicted octanol–water partition coefficient (Wildman–Crippen LogP) is 3.60. The van der Waals surface area contributed by atoms with Gasteiger partial charge in [-0.1, -0.05) is 23.8 Å². The molecule has 1 saturated heterocycles. The molecule has 2 aromatic rings. The van der Waals surface area contributed by atoms with Gasteiger partial charge in [-0.25, -0.2) is 0 Å². The minimum Gasteiger partial charge on any atom is -0.491 e. The number of aryl methyl sites for hydroxylation is 1. The molecule has 0 spiro atoms. The number of carbonyl (C=O) groups is 1. The van der Waals surface area contributed by atoms with Crippen molar-refractivity contribution in [3.8, 4) is 5.75 Å². The van der Waals surface area contributed by atoms with Crippen LogP contribution in [-0.2, 0) is 9.53 Å². The number of rotatable bonds is 7. The third kappa shape index (κ3) is 5.50. The second-order valence-electron chi connectivity index (χ2n) is 6.24. The number of ether oxygens (including phenoxy) is 2. The molecule has 25 heavy (non-hydrogen) atoms. The van der Waals surface area contributed by atoms with Gasteiger partial charge in [0.2, 0.25) is 5.91 Å². The summed E-state index contributed by atoms with van der Waals surface area (Å²) < 4.78 is 11.3. The molecule has 2 N–H and O–H groups in total. The zero-order valence-corrected chi connectivity index (χ0v) is 14.5. The van der Waals surface area contributed by atoms with Gasteiger partial charge in [0.05, 0.1) is 12.6 Å². The van der Waals surface area contributed by atoms with Crippen LogP contribution < -0.4 is 15.4 Å². The SMILES string of the molecule is Cc1ccc(NC(=O)CNc2cccc(OCC3CCCO3)c2)cc1. The van der Waals surface area contributed by atoms with Gasteiger partial charge in [0.15, 0.2) is 0 Å². The molecule has 1 fully saturated rings. The van der Waals surface area contributed by atoms with Crippen molar-refractivity contribution in [1.82, 2.24) is 0 Å². The summed E-state index contributed by atoms with van der Waals surface area (Å²) in [6, 6.07) is 15.4. The van der Waals surface area contributed by atoms with Gasteiger partial charge in [0, 0.05) is 24.0 Å². The monoisotopic (exact) mass is 340 g/mol. The standard InChI is InChI=1S/C20H24N2O3/c1-15-7-9-16(10-8-15)22-20(23)13-21-17-4-2-5-18(12-17)25-14-19-6-3-11-24-19/h2,4-5,7-10,12,19,21H,3,6,11,13-14H2,1H3,(H,22,23). The van der Waals surface area contributed by atoms with E-state index in [-0.39, 0.29) is 18.6 Å². The van der Waals surface area contributed by atoms with Crippen LogP contribution in [0.3, 0.4) is 0 Å². The summed E-state index contributed by atoms with van der Waals surface area (Å²) in [7, 11) is 0. The zero-order valence-electron chi connectivity index (χ0n) is 14.5. The van der Waals surface area contributed by atoms with Gasteiger partial charge in [-0.2, -0.15) is 0 Å². The Morgan fingerprint density at radius 3 is 2.80 bits per heavy atom. The molecule has 5 heteroatoms. The summed E-state index contributed by atoms with van der Waals surface area (Å²) in [6.45, 7) is 3.60. The van der Waals surface area contributed by atoms with Crippen molar-refractivity contribution in [2.75, 3.05) is 30.4 Å². The Bertz CT molecular complexity index is 694. The van der Waals surface area contributed by atoms with Crippen molar-refractivity contribution in [2.45, 2.75) is 25.9 Å². The van der Waals surface area contributed by atoms with E-state index >= 15 is 0 Å². The average Bonchev–Trinajstić information content (AvgIpc) is 3.14. The maximum Gasteiger partial charge on any atom is 0.243 e. The van der Waals surface area contributed by atoms with E-state index in [1.165, 1.54) is 0 Å². The van der Waals surface area contributed by atoms with E-state index in [4.69, 9.17) is 9.47 Å². The molecule has 1 amide bonds. The minimum atomic E-state index is -0.0884. The molecule has 1 aliphatic heterocycles. The molecular formula is C20H24N2O3. The van der Waals surface area contributed by atoms with Crippen molar-refractivity contribution in [3.05, 3.63) is 54.1 Å². The van der Waals surface area contributed by atoms with Crippen molar-refractivity contribution in [1.29, 1.82) is 0 Å². The summed E-state index contributed by atoms with van der Waals surface area (Å²) >= 11 is 0. The fourth-order valence-corrected chi connectivity index (χ4v) is 2.69. The molecule has 1 heterocycles. The summed E-state index contributed by atoms with van der Waals surface area (Å²) in [6.07, 6.45) is 2.35. The van der Waals surface area contributed by atoms with Crippen LogP contribution in [0.15, 0.2) is 48.5 Å². The first-order chi connectivity index (χ1) is 12.2. The topological polar surface area (TPSA) is 59.6 Å². The Labute approximate surface area is 148 Å². The first-order valence-corrected chi connectivity index (χ1v) is 8.64. The van der Waals surface area contributed by atoms with Crippen LogP contribution in [0, 0.1) is 6.92 Å². The lowest BCUT2D eigenvalue weighted by Gasteiger charge is -2.13. The summed E-state index contributed by atoms with van der Waals surface area (Å²) in [5.74, 6) is 0.689. The van der Waals surface area contributed by atoms with Crippen LogP contribution in [0.2, 0.25) is 0 Å². The van der Waals surface area contributed by atoms with E-state index in [0.717, 1.165) is 42.1 Å². The number of hydrogen-bond acceptors (Lipinski definition) is 4. The normalized spacial score (nSPS) is 16.4. The highest BCUT2D eigenvalue weighted by Gasteiger charge is 2.16. The predicted molar refractivity (Wildman–Crippen MR) is 99.2 cm³/mol. The molecule has 0 bridgehead atoms. The maximum absolute atomic E-state index is 12.0. The molecule has 1 aliphatic rings. The van der Waals surface area contributed by atoms with Crippen molar-refractivity contribution >= 4 is 17.3 Å². The Morgan fingerprint density at radius 1 is 1.20 bits per heavy atom. The fraction of sp³-hybridized carbons (Fsp3) is 0.350. The van der Waals surface area contributed by atoms with Crippen LogP contribution in [-0.4, -0.2) is 31.8 Å².